The molecule has 1 aliphatic rings. The molecule has 0 unspecified atom stereocenters. The molecule has 1 aliphatic heterocycles. The summed E-state index contributed by atoms with van der Waals surface area (Å²) in [5.74, 6) is 0.595. The molecule has 0 radical (unpaired) electrons. The van der Waals surface area contributed by atoms with Crippen molar-refractivity contribution < 1.29 is 18.7 Å². The van der Waals surface area contributed by atoms with E-state index in [2.05, 4.69) is 0 Å². The first kappa shape index (κ1) is 17.4. The number of halogens is 1. The summed E-state index contributed by atoms with van der Waals surface area (Å²) in [5, 5.41) is 0. The number of rotatable bonds is 5. The van der Waals surface area contributed by atoms with Gasteiger partial charge >= 0.3 is 0 Å². The summed E-state index contributed by atoms with van der Waals surface area (Å²) < 4.78 is 24.3. The number of hydrogen-bond acceptors (Lipinski definition) is 3. The molecule has 1 atom stereocenters. The number of carbonyl (C=O) groups is 1. The van der Waals surface area contributed by atoms with Crippen LogP contribution in [0.1, 0.15) is 23.7 Å². The number of morpholine rings is 1. The Bertz CT molecular complexity index is 734. The lowest BCUT2D eigenvalue weighted by Crippen LogP contribution is -2.42. The maximum absolute atomic E-state index is 13.4. The molecule has 0 spiro atoms. The number of hydrogen-bond donors (Lipinski definition) is 0. The van der Waals surface area contributed by atoms with E-state index in [4.69, 9.17) is 9.47 Å². The number of ether oxygens (including phenoxy) is 2. The highest BCUT2D eigenvalue weighted by Crippen LogP contribution is 2.23. The minimum absolute atomic E-state index is 0.0903. The molecule has 1 amide bonds. The van der Waals surface area contributed by atoms with Gasteiger partial charge in [0.1, 0.15) is 17.7 Å². The maximum atomic E-state index is 13.4. The van der Waals surface area contributed by atoms with Gasteiger partial charge in [-0.15, -0.1) is 0 Å². The fraction of sp³-hybridized carbons (Fsp3) is 0.350. The molecule has 0 bridgehead atoms. The maximum Gasteiger partial charge on any atom is 0.223 e. The lowest BCUT2D eigenvalue weighted by atomic mass is 10.1. The summed E-state index contributed by atoms with van der Waals surface area (Å²) in [6.45, 7) is 1.50. The average Bonchev–Trinajstić information content (AvgIpc) is 2.66. The number of carbonyl (C=O) groups excluding carboxylic acids is 1. The standard InChI is InChI=1S/C20H22FNO3/c1-24-18-7-2-4-15(12-18)8-9-20(23)22-10-11-25-19(14-22)16-5-3-6-17(21)13-16/h2-7,12-13,19H,8-11,14H2,1H3/t19-/m0/s1. The Morgan fingerprint density at radius 2 is 2.12 bits per heavy atom. The molecule has 2 aromatic rings. The van der Waals surface area contributed by atoms with E-state index in [9.17, 15) is 9.18 Å². The minimum atomic E-state index is -0.289. The first-order valence-corrected chi connectivity index (χ1v) is 8.43. The van der Waals surface area contributed by atoms with Crippen LogP contribution in [0.2, 0.25) is 0 Å². The second kappa shape index (κ2) is 8.12. The Labute approximate surface area is 147 Å². The minimum Gasteiger partial charge on any atom is -0.497 e. The van der Waals surface area contributed by atoms with E-state index < -0.39 is 0 Å². The second-order valence-corrected chi connectivity index (χ2v) is 6.11. The van der Waals surface area contributed by atoms with Crippen LogP contribution in [0, 0.1) is 5.82 Å². The molecule has 0 aromatic heterocycles. The molecule has 1 heterocycles. The first-order valence-electron chi connectivity index (χ1n) is 8.43. The van der Waals surface area contributed by atoms with Crippen LogP contribution in [0.4, 0.5) is 4.39 Å². The summed E-state index contributed by atoms with van der Waals surface area (Å²) in [7, 11) is 1.63. The van der Waals surface area contributed by atoms with Crippen LogP contribution in [-0.4, -0.2) is 37.6 Å². The quantitative estimate of drug-likeness (QED) is 0.835. The third-order valence-electron chi connectivity index (χ3n) is 4.40. The van der Waals surface area contributed by atoms with Gasteiger partial charge < -0.3 is 14.4 Å². The lowest BCUT2D eigenvalue weighted by Gasteiger charge is -2.33. The van der Waals surface area contributed by atoms with Gasteiger partial charge in [-0.2, -0.15) is 0 Å². The number of nitrogens with zero attached hydrogens (tertiary/aromatic N) is 1. The number of aryl methyl sites for hydroxylation is 1. The van der Waals surface area contributed by atoms with Crippen LogP contribution in [0.3, 0.4) is 0 Å². The van der Waals surface area contributed by atoms with Crippen molar-refractivity contribution in [1.29, 1.82) is 0 Å². The summed E-state index contributed by atoms with van der Waals surface area (Å²) in [6.07, 6.45) is 0.825. The van der Waals surface area contributed by atoms with Gasteiger partial charge in [0.05, 0.1) is 20.3 Å². The summed E-state index contributed by atoms with van der Waals surface area (Å²) in [5.41, 5.74) is 1.84. The largest absolute Gasteiger partial charge is 0.497 e. The zero-order chi connectivity index (χ0) is 17.6. The monoisotopic (exact) mass is 343 g/mol. The van der Waals surface area contributed by atoms with E-state index in [0.29, 0.717) is 32.5 Å². The molecular weight excluding hydrogens is 321 g/mol. The summed E-state index contributed by atoms with van der Waals surface area (Å²) in [6, 6.07) is 14.1. The van der Waals surface area contributed by atoms with Crippen LogP contribution in [0.25, 0.3) is 0 Å². The van der Waals surface area contributed by atoms with Gasteiger partial charge in [0.15, 0.2) is 0 Å². The SMILES string of the molecule is COc1cccc(CCC(=O)N2CCO[C@H](c3cccc(F)c3)C2)c1. The van der Waals surface area contributed by atoms with Crippen molar-refractivity contribution in [3.8, 4) is 5.75 Å². The average molecular weight is 343 g/mol. The molecule has 3 rings (SSSR count). The molecule has 0 saturated carbocycles. The molecule has 1 saturated heterocycles. The van der Waals surface area contributed by atoms with Crippen molar-refractivity contribution >= 4 is 5.91 Å². The molecule has 1 fully saturated rings. The lowest BCUT2D eigenvalue weighted by molar-refractivity contribution is -0.139. The van der Waals surface area contributed by atoms with E-state index in [-0.39, 0.29) is 17.8 Å². The molecule has 2 aromatic carbocycles. The normalized spacial score (nSPS) is 17.4. The zero-order valence-corrected chi connectivity index (χ0v) is 14.3. The fourth-order valence-corrected chi connectivity index (χ4v) is 3.02. The molecule has 0 aliphatic carbocycles. The van der Waals surface area contributed by atoms with Crippen molar-refractivity contribution in [2.45, 2.75) is 18.9 Å². The molecular formula is C20H22FNO3. The predicted octanol–water partition coefficient (Wildman–Crippen LogP) is 3.37. The van der Waals surface area contributed by atoms with Crippen LogP contribution in [0.15, 0.2) is 48.5 Å². The third kappa shape index (κ3) is 4.57. The van der Waals surface area contributed by atoms with Gasteiger partial charge in [0.2, 0.25) is 5.91 Å². The highest BCUT2D eigenvalue weighted by molar-refractivity contribution is 5.76. The van der Waals surface area contributed by atoms with Gasteiger partial charge in [-0.1, -0.05) is 24.3 Å². The van der Waals surface area contributed by atoms with Crippen LogP contribution in [0.5, 0.6) is 5.75 Å². The van der Waals surface area contributed by atoms with Gasteiger partial charge in [-0.3, -0.25) is 4.79 Å². The smallest absolute Gasteiger partial charge is 0.223 e. The van der Waals surface area contributed by atoms with E-state index in [1.54, 1.807) is 18.1 Å². The van der Waals surface area contributed by atoms with Crippen LogP contribution < -0.4 is 4.74 Å². The number of methoxy groups -OCH3 is 1. The second-order valence-electron chi connectivity index (χ2n) is 6.11. The Morgan fingerprint density at radius 3 is 2.92 bits per heavy atom. The van der Waals surface area contributed by atoms with Crippen LogP contribution >= 0.6 is 0 Å². The Hall–Kier alpha value is -2.40. The van der Waals surface area contributed by atoms with E-state index in [0.717, 1.165) is 16.9 Å². The molecule has 132 valence electrons. The highest BCUT2D eigenvalue weighted by Gasteiger charge is 2.25. The Balaban J connectivity index is 1.58. The van der Waals surface area contributed by atoms with Gasteiger partial charge in [0, 0.05) is 13.0 Å². The molecule has 25 heavy (non-hydrogen) atoms. The molecule has 0 N–H and O–H groups in total. The van der Waals surface area contributed by atoms with Crippen molar-refractivity contribution in [2.75, 3.05) is 26.8 Å². The topological polar surface area (TPSA) is 38.8 Å². The van der Waals surface area contributed by atoms with Gasteiger partial charge in [0.25, 0.3) is 0 Å². The summed E-state index contributed by atoms with van der Waals surface area (Å²) >= 11 is 0. The number of amides is 1. The highest BCUT2D eigenvalue weighted by atomic mass is 19.1. The van der Waals surface area contributed by atoms with Gasteiger partial charge in [-0.05, 0) is 41.8 Å². The first-order chi connectivity index (χ1) is 12.2. The van der Waals surface area contributed by atoms with Gasteiger partial charge in [-0.25, -0.2) is 4.39 Å². The zero-order valence-electron chi connectivity index (χ0n) is 14.3. The fourth-order valence-electron chi connectivity index (χ4n) is 3.02. The molecule has 5 heteroatoms. The van der Waals surface area contributed by atoms with E-state index in [1.807, 2.05) is 30.3 Å². The predicted molar refractivity (Wildman–Crippen MR) is 93.0 cm³/mol. The van der Waals surface area contributed by atoms with Crippen molar-refractivity contribution in [2.24, 2.45) is 0 Å². The molecule has 4 nitrogen and oxygen atoms in total. The van der Waals surface area contributed by atoms with Crippen LogP contribution in [-0.2, 0) is 16.0 Å². The van der Waals surface area contributed by atoms with Crippen molar-refractivity contribution in [3.05, 3.63) is 65.5 Å². The number of benzene rings is 2. The third-order valence-corrected chi connectivity index (χ3v) is 4.40. The van der Waals surface area contributed by atoms with E-state index in [1.165, 1.54) is 12.1 Å². The van der Waals surface area contributed by atoms with Crippen molar-refractivity contribution in [1.82, 2.24) is 4.90 Å². The summed E-state index contributed by atoms with van der Waals surface area (Å²) in [4.78, 5) is 14.3. The van der Waals surface area contributed by atoms with Crippen molar-refractivity contribution in [3.63, 3.8) is 0 Å². The van der Waals surface area contributed by atoms with E-state index >= 15 is 0 Å². The Morgan fingerprint density at radius 1 is 1.28 bits per heavy atom. The Kier molecular flexibility index (Phi) is 5.66.